The van der Waals surface area contributed by atoms with Crippen LogP contribution in [-0.2, 0) is 4.79 Å². The smallest absolute Gasteiger partial charge is 0.254 e. The van der Waals surface area contributed by atoms with Gasteiger partial charge in [0, 0.05) is 38.7 Å². The maximum Gasteiger partial charge on any atom is 0.254 e. The summed E-state index contributed by atoms with van der Waals surface area (Å²) in [4.78, 5) is 27.2. The van der Waals surface area contributed by atoms with Crippen LogP contribution in [0.1, 0.15) is 22.8 Å². The molecule has 5 heteroatoms. The minimum atomic E-state index is -0.00787. The maximum atomic E-state index is 12.4. The van der Waals surface area contributed by atoms with Crippen LogP contribution in [0.3, 0.4) is 0 Å². The second-order valence-electron chi connectivity index (χ2n) is 4.98. The van der Waals surface area contributed by atoms with Gasteiger partial charge in [-0.3, -0.25) is 9.59 Å². The van der Waals surface area contributed by atoms with Gasteiger partial charge in [0.15, 0.2) is 0 Å². The lowest BCUT2D eigenvalue weighted by molar-refractivity contribution is -0.130. The summed E-state index contributed by atoms with van der Waals surface area (Å²) in [5.74, 6) is 0.777. The third kappa shape index (κ3) is 2.92. The predicted molar refractivity (Wildman–Crippen MR) is 75.9 cm³/mol. The van der Waals surface area contributed by atoms with Crippen molar-refractivity contribution in [3.05, 3.63) is 29.3 Å². The molecule has 5 nitrogen and oxygen atoms in total. The Balaban J connectivity index is 2.07. The van der Waals surface area contributed by atoms with Crippen LogP contribution in [0.5, 0.6) is 5.75 Å². The molecular formula is C15H20N2O3. The summed E-state index contributed by atoms with van der Waals surface area (Å²) < 4.78 is 5.25. The van der Waals surface area contributed by atoms with Gasteiger partial charge in [-0.25, -0.2) is 0 Å². The number of carbonyl (C=O) groups excluding carboxylic acids is 2. The molecule has 1 aliphatic heterocycles. The molecule has 1 fully saturated rings. The maximum absolute atomic E-state index is 12.4. The van der Waals surface area contributed by atoms with E-state index in [2.05, 4.69) is 0 Å². The lowest BCUT2D eigenvalue weighted by Crippen LogP contribution is -2.50. The van der Waals surface area contributed by atoms with Gasteiger partial charge in [0.05, 0.1) is 7.11 Å². The molecule has 0 spiro atoms. The average Bonchev–Trinajstić information content (AvgIpc) is 2.47. The van der Waals surface area contributed by atoms with E-state index in [9.17, 15) is 9.59 Å². The third-order valence-electron chi connectivity index (χ3n) is 3.67. The molecule has 0 aromatic heterocycles. The predicted octanol–water partition coefficient (Wildman–Crippen LogP) is 1.31. The van der Waals surface area contributed by atoms with Crippen molar-refractivity contribution in [1.82, 2.24) is 9.80 Å². The lowest BCUT2D eigenvalue weighted by Gasteiger charge is -2.34. The zero-order chi connectivity index (χ0) is 14.7. The van der Waals surface area contributed by atoms with Crippen LogP contribution in [0, 0.1) is 6.92 Å². The number of aryl methyl sites for hydroxylation is 1. The van der Waals surface area contributed by atoms with Crippen molar-refractivity contribution in [3.63, 3.8) is 0 Å². The highest BCUT2D eigenvalue weighted by Gasteiger charge is 2.23. The summed E-state index contributed by atoms with van der Waals surface area (Å²) in [6.45, 7) is 5.86. The number of methoxy groups -OCH3 is 1. The molecule has 20 heavy (non-hydrogen) atoms. The van der Waals surface area contributed by atoms with Gasteiger partial charge in [-0.05, 0) is 24.6 Å². The molecule has 0 aliphatic carbocycles. The fraction of sp³-hybridized carbons (Fsp3) is 0.467. The van der Waals surface area contributed by atoms with Gasteiger partial charge >= 0.3 is 0 Å². The second kappa shape index (κ2) is 5.94. The highest BCUT2D eigenvalue weighted by atomic mass is 16.5. The molecule has 0 unspecified atom stereocenters. The van der Waals surface area contributed by atoms with E-state index in [1.807, 2.05) is 19.1 Å². The zero-order valence-electron chi connectivity index (χ0n) is 12.2. The van der Waals surface area contributed by atoms with Gasteiger partial charge in [0.1, 0.15) is 5.75 Å². The van der Waals surface area contributed by atoms with Crippen molar-refractivity contribution in [3.8, 4) is 5.75 Å². The summed E-state index contributed by atoms with van der Waals surface area (Å²) in [5.41, 5.74) is 1.63. The monoisotopic (exact) mass is 276 g/mol. The number of amides is 2. The van der Waals surface area contributed by atoms with E-state index in [0.717, 1.165) is 11.3 Å². The van der Waals surface area contributed by atoms with Gasteiger partial charge in [0.2, 0.25) is 5.91 Å². The van der Waals surface area contributed by atoms with E-state index in [-0.39, 0.29) is 11.8 Å². The van der Waals surface area contributed by atoms with Gasteiger partial charge in [0.25, 0.3) is 5.91 Å². The average molecular weight is 276 g/mol. The fourth-order valence-corrected chi connectivity index (χ4v) is 2.36. The van der Waals surface area contributed by atoms with E-state index in [1.165, 1.54) is 0 Å². The highest BCUT2D eigenvalue weighted by molar-refractivity contribution is 5.95. The Morgan fingerprint density at radius 1 is 1.10 bits per heavy atom. The van der Waals surface area contributed by atoms with Crippen molar-refractivity contribution in [1.29, 1.82) is 0 Å². The highest BCUT2D eigenvalue weighted by Crippen LogP contribution is 2.20. The largest absolute Gasteiger partial charge is 0.496 e. The molecular weight excluding hydrogens is 256 g/mol. The molecule has 0 radical (unpaired) electrons. The molecule has 2 rings (SSSR count). The summed E-state index contributed by atoms with van der Waals surface area (Å²) >= 11 is 0. The topological polar surface area (TPSA) is 49.9 Å². The van der Waals surface area contributed by atoms with Crippen molar-refractivity contribution in [2.75, 3.05) is 33.3 Å². The van der Waals surface area contributed by atoms with Crippen molar-refractivity contribution >= 4 is 11.8 Å². The van der Waals surface area contributed by atoms with Gasteiger partial charge in [-0.1, -0.05) is 6.07 Å². The van der Waals surface area contributed by atoms with Crippen LogP contribution in [0.15, 0.2) is 18.2 Å². The normalized spacial score (nSPS) is 15.2. The van der Waals surface area contributed by atoms with Crippen LogP contribution in [0.4, 0.5) is 0 Å². The quantitative estimate of drug-likeness (QED) is 0.818. The summed E-state index contributed by atoms with van der Waals surface area (Å²) in [7, 11) is 1.60. The Bertz CT molecular complexity index is 520. The Morgan fingerprint density at radius 3 is 2.25 bits per heavy atom. The number of carbonyl (C=O) groups is 2. The van der Waals surface area contributed by atoms with E-state index >= 15 is 0 Å². The summed E-state index contributed by atoms with van der Waals surface area (Å²) in [6, 6.07) is 5.48. The molecule has 2 amide bonds. The first-order valence-corrected chi connectivity index (χ1v) is 6.72. The van der Waals surface area contributed by atoms with E-state index in [4.69, 9.17) is 4.74 Å². The van der Waals surface area contributed by atoms with Crippen LogP contribution in [-0.4, -0.2) is 54.9 Å². The van der Waals surface area contributed by atoms with Crippen LogP contribution in [0.25, 0.3) is 0 Å². The number of benzene rings is 1. The summed E-state index contributed by atoms with van der Waals surface area (Å²) in [6.07, 6.45) is 0. The lowest BCUT2D eigenvalue weighted by atomic mass is 10.1. The standard InChI is InChI=1S/C15H20N2O3/c1-11-4-5-13(10-14(11)20-3)15(19)17-8-6-16(7-9-17)12(2)18/h4-5,10H,6-9H2,1-3H3. The van der Waals surface area contributed by atoms with Crippen molar-refractivity contribution in [2.24, 2.45) is 0 Å². The fourth-order valence-electron chi connectivity index (χ4n) is 2.36. The minimum Gasteiger partial charge on any atom is -0.496 e. The van der Waals surface area contributed by atoms with Crippen LogP contribution < -0.4 is 4.74 Å². The Morgan fingerprint density at radius 2 is 1.70 bits per heavy atom. The van der Waals surface area contributed by atoms with Gasteiger partial charge in [-0.2, -0.15) is 0 Å². The van der Waals surface area contributed by atoms with Crippen molar-refractivity contribution < 1.29 is 14.3 Å². The van der Waals surface area contributed by atoms with Crippen molar-refractivity contribution in [2.45, 2.75) is 13.8 Å². The Labute approximate surface area is 119 Å². The minimum absolute atomic E-state index is 0.00787. The molecule has 1 aliphatic rings. The van der Waals surface area contributed by atoms with Gasteiger partial charge < -0.3 is 14.5 Å². The molecule has 0 bridgehead atoms. The first kappa shape index (κ1) is 14.4. The molecule has 0 saturated carbocycles. The molecule has 1 saturated heterocycles. The van der Waals surface area contributed by atoms with E-state index in [0.29, 0.717) is 31.7 Å². The number of piperazine rings is 1. The number of hydrogen-bond acceptors (Lipinski definition) is 3. The third-order valence-corrected chi connectivity index (χ3v) is 3.67. The van der Waals surface area contributed by atoms with Gasteiger partial charge in [-0.15, -0.1) is 0 Å². The number of rotatable bonds is 2. The second-order valence-corrected chi connectivity index (χ2v) is 4.98. The summed E-state index contributed by atoms with van der Waals surface area (Å²) in [5, 5.41) is 0. The molecule has 0 N–H and O–H groups in total. The zero-order valence-corrected chi connectivity index (χ0v) is 12.2. The Kier molecular flexibility index (Phi) is 4.27. The number of hydrogen-bond donors (Lipinski definition) is 0. The number of ether oxygens (including phenoxy) is 1. The molecule has 108 valence electrons. The molecule has 1 heterocycles. The SMILES string of the molecule is COc1cc(C(=O)N2CCN(C(C)=O)CC2)ccc1C. The first-order valence-electron chi connectivity index (χ1n) is 6.72. The first-order chi connectivity index (χ1) is 9.52. The Hall–Kier alpha value is -2.04. The molecule has 1 aromatic carbocycles. The molecule has 0 atom stereocenters. The van der Waals surface area contributed by atoms with E-state index < -0.39 is 0 Å². The molecule has 1 aromatic rings. The van der Waals surface area contributed by atoms with Crippen LogP contribution >= 0.6 is 0 Å². The number of nitrogens with zero attached hydrogens (tertiary/aromatic N) is 2. The van der Waals surface area contributed by atoms with Crippen LogP contribution in [0.2, 0.25) is 0 Å². The van der Waals surface area contributed by atoms with E-state index in [1.54, 1.807) is 29.9 Å².